The first-order chi connectivity index (χ1) is 8.85. The van der Waals surface area contributed by atoms with Crippen molar-refractivity contribution >= 4 is 12.0 Å². The Morgan fingerprint density at radius 2 is 2.05 bits per heavy atom. The van der Waals surface area contributed by atoms with Crippen molar-refractivity contribution in [1.29, 1.82) is 0 Å². The highest BCUT2D eigenvalue weighted by molar-refractivity contribution is 5.83. The molecule has 2 fully saturated rings. The summed E-state index contributed by atoms with van der Waals surface area (Å²) in [6.45, 7) is 4.96. The average Bonchev–Trinajstić information content (AvgIpc) is 3.02. The predicted octanol–water partition coefficient (Wildman–Crippen LogP) is 0.652. The van der Waals surface area contributed by atoms with Gasteiger partial charge < -0.3 is 20.4 Å². The molecular formula is C13H22N2O4. The Balaban J connectivity index is 1.91. The summed E-state index contributed by atoms with van der Waals surface area (Å²) in [4.78, 5) is 24.3. The van der Waals surface area contributed by atoms with Crippen LogP contribution in [0.3, 0.4) is 0 Å². The van der Waals surface area contributed by atoms with E-state index in [9.17, 15) is 14.7 Å². The Morgan fingerprint density at radius 3 is 2.53 bits per heavy atom. The van der Waals surface area contributed by atoms with Crippen molar-refractivity contribution in [2.75, 3.05) is 13.1 Å². The standard InChI is InChI=1S/C13H22N2O4/c1-8(2)13(3-4-13)7-14-12(19)15-6-9(16)5-10(15)11(17)18/h8-10,16H,3-7H2,1-2H3,(H,14,19)(H,17,18)/t9-,10-/m1/s1. The average molecular weight is 270 g/mol. The normalized spacial score (nSPS) is 28.5. The summed E-state index contributed by atoms with van der Waals surface area (Å²) >= 11 is 0. The van der Waals surface area contributed by atoms with Crippen LogP contribution in [0.5, 0.6) is 0 Å². The fourth-order valence-corrected chi connectivity index (χ4v) is 2.74. The van der Waals surface area contributed by atoms with E-state index >= 15 is 0 Å². The molecule has 2 aliphatic rings. The molecule has 0 aromatic rings. The van der Waals surface area contributed by atoms with Gasteiger partial charge in [0.15, 0.2) is 0 Å². The smallest absolute Gasteiger partial charge is 0.326 e. The zero-order valence-corrected chi connectivity index (χ0v) is 11.4. The number of amides is 2. The van der Waals surface area contributed by atoms with Gasteiger partial charge in [-0.1, -0.05) is 13.8 Å². The van der Waals surface area contributed by atoms with Crippen LogP contribution in [-0.4, -0.2) is 52.3 Å². The van der Waals surface area contributed by atoms with Crippen LogP contribution in [0.1, 0.15) is 33.1 Å². The molecule has 2 amide bonds. The minimum atomic E-state index is -1.06. The van der Waals surface area contributed by atoms with Crippen molar-refractivity contribution in [3.63, 3.8) is 0 Å². The van der Waals surface area contributed by atoms with Crippen molar-refractivity contribution in [2.45, 2.75) is 45.3 Å². The van der Waals surface area contributed by atoms with E-state index in [1.54, 1.807) is 0 Å². The third kappa shape index (κ3) is 2.83. The number of nitrogens with one attached hydrogen (secondary N) is 1. The van der Waals surface area contributed by atoms with Gasteiger partial charge in [0.25, 0.3) is 0 Å². The molecule has 3 N–H and O–H groups in total. The number of carbonyl (C=O) groups excluding carboxylic acids is 1. The fourth-order valence-electron chi connectivity index (χ4n) is 2.74. The Kier molecular flexibility index (Phi) is 3.71. The lowest BCUT2D eigenvalue weighted by Crippen LogP contribution is -2.47. The number of aliphatic carboxylic acids is 1. The van der Waals surface area contributed by atoms with Gasteiger partial charge in [-0.05, 0) is 24.2 Å². The second kappa shape index (κ2) is 5.00. The highest BCUT2D eigenvalue weighted by Crippen LogP contribution is 2.51. The lowest BCUT2D eigenvalue weighted by atomic mass is 9.92. The molecule has 6 nitrogen and oxygen atoms in total. The molecule has 0 aromatic heterocycles. The maximum absolute atomic E-state index is 12.0. The van der Waals surface area contributed by atoms with Crippen LogP contribution in [0, 0.1) is 11.3 Å². The molecule has 0 bridgehead atoms. The first-order valence-electron chi connectivity index (χ1n) is 6.81. The van der Waals surface area contributed by atoms with Gasteiger partial charge in [-0.25, -0.2) is 9.59 Å². The van der Waals surface area contributed by atoms with E-state index in [2.05, 4.69) is 19.2 Å². The number of likely N-dealkylation sites (tertiary alicyclic amines) is 1. The van der Waals surface area contributed by atoms with Gasteiger partial charge in [0.2, 0.25) is 0 Å². The summed E-state index contributed by atoms with van der Waals surface area (Å²) in [6, 6.07) is -1.29. The Morgan fingerprint density at radius 1 is 1.42 bits per heavy atom. The van der Waals surface area contributed by atoms with E-state index < -0.39 is 18.1 Å². The van der Waals surface area contributed by atoms with Gasteiger partial charge in [0.05, 0.1) is 6.10 Å². The number of hydrogen-bond acceptors (Lipinski definition) is 3. The van der Waals surface area contributed by atoms with Crippen LogP contribution in [0.25, 0.3) is 0 Å². The maximum Gasteiger partial charge on any atom is 0.326 e. The molecule has 1 heterocycles. The third-order valence-electron chi connectivity index (χ3n) is 4.53. The largest absolute Gasteiger partial charge is 0.480 e. The first kappa shape index (κ1) is 14.1. The number of aliphatic hydroxyl groups is 1. The summed E-state index contributed by atoms with van der Waals surface area (Å²) in [5.41, 5.74) is 0.187. The lowest BCUT2D eigenvalue weighted by molar-refractivity contribution is -0.141. The minimum absolute atomic E-state index is 0.0947. The van der Waals surface area contributed by atoms with Gasteiger partial charge >= 0.3 is 12.0 Å². The molecule has 1 saturated heterocycles. The quantitative estimate of drug-likeness (QED) is 0.699. The number of nitrogens with zero attached hydrogens (tertiary/aromatic N) is 1. The summed E-state index contributed by atoms with van der Waals surface area (Å²) in [5.74, 6) is -0.552. The van der Waals surface area contributed by atoms with E-state index in [-0.39, 0.29) is 24.4 Å². The second-order valence-corrected chi connectivity index (χ2v) is 6.07. The molecule has 19 heavy (non-hydrogen) atoms. The molecule has 0 aromatic carbocycles. The number of β-amino-alcohol motifs (C(OH)–C–C–N with tert-alkyl or cyclic N) is 1. The van der Waals surface area contributed by atoms with Crippen LogP contribution < -0.4 is 5.32 Å². The number of aliphatic hydroxyl groups excluding tert-OH is 1. The maximum atomic E-state index is 12.0. The highest BCUT2D eigenvalue weighted by Gasteiger charge is 2.46. The molecule has 6 heteroatoms. The Labute approximate surface area is 112 Å². The van der Waals surface area contributed by atoms with E-state index in [1.807, 2.05) is 0 Å². The molecule has 108 valence electrons. The SMILES string of the molecule is CC(C)C1(CNC(=O)N2C[C@H](O)C[C@@H]2C(=O)O)CC1. The molecule has 0 radical (unpaired) electrons. The van der Waals surface area contributed by atoms with Crippen LogP contribution in [-0.2, 0) is 4.79 Å². The monoisotopic (exact) mass is 270 g/mol. The van der Waals surface area contributed by atoms with E-state index in [0.717, 1.165) is 12.8 Å². The minimum Gasteiger partial charge on any atom is -0.480 e. The molecule has 2 atom stereocenters. The van der Waals surface area contributed by atoms with Crippen molar-refractivity contribution in [2.24, 2.45) is 11.3 Å². The van der Waals surface area contributed by atoms with E-state index in [1.165, 1.54) is 4.90 Å². The fraction of sp³-hybridized carbons (Fsp3) is 0.846. The van der Waals surface area contributed by atoms with E-state index in [4.69, 9.17) is 5.11 Å². The van der Waals surface area contributed by atoms with Gasteiger partial charge in [0, 0.05) is 19.5 Å². The van der Waals surface area contributed by atoms with Crippen LogP contribution in [0.2, 0.25) is 0 Å². The van der Waals surface area contributed by atoms with Crippen molar-refractivity contribution in [3.8, 4) is 0 Å². The summed E-state index contributed by atoms with van der Waals surface area (Å²) in [5, 5.41) is 21.4. The molecule has 1 saturated carbocycles. The van der Waals surface area contributed by atoms with Crippen LogP contribution in [0.15, 0.2) is 0 Å². The van der Waals surface area contributed by atoms with Crippen molar-refractivity contribution in [1.82, 2.24) is 10.2 Å². The molecule has 1 aliphatic carbocycles. The molecular weight excluding hydrogens is 248 g/mol. The van der Waals surface area contributed by atoms with Gasteiger partial charge in [-0.2, -0.15) is 0 Å². The lowest BCUT2D eigenvalue weighted by Gasteiger charge is -2.25. The van der Waals surface area contributed by atoms with E-state index in [0.29, 0.717) is 12.5 Å². The van der Waals surface area contributed by atoms with Crippen molar-refractivity contribution in [3.05, 3.63) is 0 Å². The molecule has 1 aliphatic heterocycles. The molecule has 0 unspecified atom stereocenters. The van der Waals surface area contributed by atoms with Crippen molar-refractivity contribution < 1.29 is 19.8 Å². The highest BCUT2D eigenvalue weighted by atomic mass is 16.4. The molecule has 2 rings (SSSR count). The number of hydrogen-bond donors (Lipinski definition) is 3. The first-order valence-corrected chi connectivity index (χ1v) is 6.81. The Bertz CT molecular complexity index is 379. The number of carboxylic acids is 1. The van der Waals surface area contributed by atoms with Crippen LogP contribution in [0.4, 0.5) is 4.79 Å². The third-order valence-corrected chi connectivity index (χ3v) is 4.53. The molecule has 0 spiro atoms. The number of rotatable bonds is 4. The summed E-state index contributed by atoms with van der Waals surface area (Å²) in [6.07, 6.45) is 1.58. The number of carbonyl (C=O) groups is 2. The van der Waals surface area contributed by atoms with Crippen LogP contribution >= 0.6 is 0 Å². The topological polar surface area (TPSA) is 89.9 Å². The predicted molar refractivity (Wildman–Crippen MR) is 68.7 cm³/mol. The zero-order valence-electron chi connectivity index (χ0n) is 11.4. The second-order valence-electron chi connectivity index (χ2n) is 6.07. The zero-order chi connectivity index (χ0) is 14.2. The number of urea groups is 1. The summed E-state index contributed by atoms with van der Waals surface area (Å²) < 4.78 is 0. The van der Waals surface area contributed by atoms with Gasteiger partial charge in [-0.15, -0.1) is 0 Å². The number of carboxylic acid groups (broad SMARTS) is 1. The van der Waals surface area contributed by atoms with Gasteiger partial charge in [-0.3, -0.25) is 0 Å². The Hall–Kier alpha value is -1.30. The summed E-state index contributed by atoms with van der Waals surface area (Å²) in [7, 11) is 0. The van der Waals surface area contributed by atoms with Gasteiger partial charge in [0.1, 0.15) is 6.04 Å².